The van der Waals surface area contributed by atoms with Crippen LogP contribution >= 0.6 is 31.9 Å². The van der Waals surface area contributed by atoms with Crippen molar-refractivity contribution in [1.29, 1.82) is 0 Å². The Bertz CT molecular complexity index is 1520. The van der Waals surface area contributed by atoms with E-state index >= 15 is 0 Å². The highest BCUT2D eigenvalue weighted by Gasteiger charge is 2.42. The van der Waals surface area contributed by atoms with Crippen molar-refractivity contribution in [3.05, 3.63) is 35.9 Å². The van der Waals surface area contributed by atoms with Crippen molar-refractivity contribution in [3.8, 4) is 0 Å². The number of rotatable bonds is 27. The van der Waals surface area contributed by atoms with Crippen LogP contribution in [-0.2, 0) is 44.7 Å². The summed E-state index contributed by atoms with van der Waals surface area (Å²) in [6, 6.07) is 6.21. The average molecular weight is 974 g/mol. The quantitative estimate of drug-likeness (QED) is 0.0768. The monoisotopic (exact) mass is 971 g/mol. The van der Waals surface area contributed by atoms with Crippen LogP contribution in [-0.4, -0.2) is 143 Å². The number of carboxylic acid groups (broad SMARTS) is 1. The largest absolute Gasteiger partial charge is 0.480 e. The Morgan fingerprint density at radius 1 is 0.933 bits per heavy atom. The van der Waals surface area contributed by atoms with Crippen molar-refractivity contribution in [2.75, 3.05) is 46.7 Å². The summed E-state index contributed by atoms with van der Waals surface area (Å²) in [4.78, 5) is 85.3. The van der Waals surface area contributed by atoms with Gasteiger partial charge < -0.3 is 39.9 Å². The van der Waals surface area contributed by atoms with E-state index in [1.165, 1.54) is 19.1 Å². The summed E-state index contributed by atoms with van der Waals surface area (Å²) < 4.78 is 11.8. The van der Waals surface area contributed by atoms with Crippen molar-refractivity contribution >= 4 is 67.4 Å². The lowest BCUT2D eigenvalue weighted by Gasteiger charge is -2.39. The molecule has 0 aromatic heterocycles. The second kappa shape index (κ2) is 27.1. The van der Waals surface area contributed by atoms with E-state index in [4.69, 9.17) is 9.47 Å². The minimum atomic E-state index is -1.15. The fourth-order valence-electron chi connectivity index (χ4n) is 8.22. The maximum Gasteiger partial charge on any atom is 0.326 e. The van der Waals surface area contributed by atoms with Crippen molar-refractivity contribution < 1.29 is 43.3 Å². The number of likely N-dealkylation sites (N-methyl/N-ethyl adjacent to an activating group) is 2. The highest BCUT2D eigenvalue weighted by atomic mass is 79.9. The zero-order valence-corrected chi connectivity index (χ0v) is 40.3. The molecule has 14 nitrogen and oxygen atoms in total. The molecule has 1 aliphatic heterocycles. The Labute approximate surface area is 374 Å². The van der Waals surface area contributed by atoms with Crippen LogP contribution in [0.15, 0.2) is 30.3 Å². The number of hydrogen-bond donors (Lipinski definition) is 3. The molecule has 1 saturated heterocycles. The summed E-state index contributed by atoms with van der Waals surface area (Å²) in [7, 11) is 6.28. The van der Waals surface area contributed by atoms with Crippen molar-refractivity contribution in [2.24, 2.45) is 17.8 Å². The van der Waals surface area contributed by atoms with E-state index in [-0.39, 0.29) is 48.9 Å². The molecular weight excluding hydrogens is 902 g/mol. The molecule has 1 aromatic carbocycles. The van der Waals surface area contributed by atoms with Gasteiger partial charge >= 0.3 is 5.97 Å². The van der Waals surface area contributed by atoms with Gasteiger partial charge in [0.1, 0.15) is 12.1 Å². The lowest BCUT2D eigenvalue weighted by Crippen LogP contribution is -2.56. The second-order valence-corrected chi connectivity index (χ2v) is 18.4. The molecule has 1 fully saturated rings. The third-order valence-electron chi connectivity index (χ3n) is 11.9. The first kappa shape index (κ1) is 53.1. The van der Waals surface area contributed by atoms with Gasteiger partial charge in [-0.25, -0.2) is 4.79 Å². The number of aliphatic carboxylic acids is 1. The van der Waals surface area contributed by atoms with Crippen LogP contribution in [0.2, 0.25) is 0 Å². The van der Waals surface area contributed by atoms with Crippen molar-refractivity contribution in [3.63, 3.8) is 0 Å². The highest BCUT2D eigenvalue weighted by molar-refractivity contribution is 9.12. The normalized spacial score (nSPS) is 18.1. The SMILES string of the molecule is CC[C@@H](C)[C@@H]([C@@H](CC(=O)N1CCC[C@H]1[C@H](OC)[C@@H](C)C(=O)N[C@@H](Cc1ccccc1)C(=O)O)OC)N(C)C(=O)CNC(=O)[C@H](C(C)C)N(C)C(=O)CCCCCC(Br)CBr. The van der Waals surface area contributed by atoms with E-state index in [2.05, 4.69) is 42.5 Å². The lowest BCUT2D eigenvalue weighted by molar-refractivity contribution is -0.147. The standard InChI is InChI=1S/C44H71Br2N5O9/c1-10-29(4)40(50(7)38(54)27-47-43(56)39(28(2)3)49(6)36(52)22-16-12-15-20-32(46)26-45)35(59-8)25-37(53)51-23-17-21-34(51)41(60-9)30(5)42(55)48-33(44(57)58)24-31-18-13-11-14-19-31/h11,13-14,18-19,28-30,32-35,39-41H,10,12,15-17,20-27H2,1-9H3,(H,47,56)(H,48,55)(H,57,58)/t29-,30-,32?,33+,34+,35-,39+,40+,41-/m1/s1. The number of carbonyl (C=O) groups excluding carboxylic acids is 5. The number of unbranched alkanes of at least 4 members (excludes halogenated alkanes) is 2. The maximum atomic E-state index is 14.1. The molecule has 1 heterocycles. The lowest BCUT2D eigenvalue weighted by atomic mass is 9.90. The first-order valence-electron chi connectivity index (χ1n) is 21.3. The van der Waals surface area contributed by atoms with Crippen LogP contribution in [0.4, 0.5) is 0 Å². The van der Waals surface area contributed by atoms with Crippen LogP contribution in [0.3, 0.4) is 0 Å². The number of ether oxygens (including phenoxy) is 2. The number of hydrogen-bond acceptors (Lipinski definition) is 8. The maximum absolute atomic E-state index is 14.1. The topological polar surface area (TPSA) is 175 Å². The van der Waals surface area contributed by atoms with Gasteiger partial charge in [-0.2, -0.15) is 0 Å². The van der Waals surface area contributed by atoms with Gasteiger partial charge in [0.15, 0.2) is 0 Å². The smallest absolute Gasteiger partial charge is 0.326 e. The molecule has 2 rings (SSSR count). The summed E-state index contributed by atoms with van der Waals surface area (Å²) in [5, 5.41) is 16.2. The third-order valence-corrected chi connectivity index (χ3v) is 14.3. The van der Waals surface area contributed by atoms with Crippen LogP contribution < -0.4 is 10.6 Å². The van der Waals surface area contributed by atoms with Gasteiger partial charge in [0, 0.05) is 57.9 Å². The van der Waals surface area contributed by atoms with E-state index in [9.17, 15) is 33.9 Å². The molecule has 0 radical (unpaired) electrons. The van der Waals surface area contributed by atoms with Crippen molar-refractivity contribution in [1.82, 2.24) is 25.3 Å². The van der Waals surface area contributed by atoms with Gasteiger partial charge in [0.05, 0.1) is 43.2 Å². The predicted molar refractivity (Wildman–Crippen MR) is 240 cm³/mol. The number of benzene rings is 1. The Morgan fingerprint density at radius 3 is 2.17 bits per heavy atom. The van der Waals surface area contributed by atoms with E-state index in [1.807, 2.05) is 45.9 Å². The van der Waals surface area contributed by atoms with E-state index in [0.717, 1.165) is 36.6 Å². The van der Waals surface area contributed by atoms with Crippen LogP contribution in [0, 0.1) is 17.8 Å². The number of amides is 5. The molecule has 340 valence electrons. The molecule has 60 heavy (non-hydrogen) atoms. The molecule has 0 saturated carbocycles. The fraction of sp³-hybridized carbons (Fsp3) is 0.727. The molecule has 16 heteroatoms. The fourth-order valence-corrected chi connectivity index (χ4v) is 8.87. The summed E-state index contributed by atoms with van der Waals surface area (Å²) in [6.07, 6.45) is 4.63. The zero-order chi connectivity index (χ0) is 45.1. The van der Waals surface area contributed by atoms with Gasteiger partial charge in [0.2, 0.25) is 29.5 Å². The summed E-state index contributed by atoms with van der Waals surface area (Å²) in [6.45, 7) is 9.55. The predicted octanol–water partition coefficient (Wildman–Crippen LogP) is 5.43. The van der Waals surface area contributed by atoms with Gasteiger partial charge in [-0.15, -0.1) is 0 Å². The Morgan fingerprint density at radius 2 is 1.60 bits per heavy atom. The zero-order valence-electron chi connectivity index (χ0n) is 37.2. The van der Waals surface area contributed by atoms with Crippen LogP contribution in [0.25, 0.3) is 0 Å². The Balaban J connectivity index is 2.12. The minimum Gasteiger partial charge on any atom is -0.480 e. The number of methoxy groups -OCH3 is 2. The number of nitrogens with zero attached hydrogens (tertiary/aromatic N) is 3. The average Bonchev–Trinajstić information content (AvgIpc) is 3.71. The summed E-state index contributed by atoms with van der Waals surface area (Å²) >= 11 is 7.06. The molecule has 9 atom stereocenters. The number of carboxylic acids is 1. The van der Waals surface area contributed by atoms with Crippen LogP contribution in [0.1, 0.15) is 98.0 Å². The molecule has 3 N–H and O–H groups in total. The molecular formula is C44H71Br2N5O9. The minimum absolute atomic E-state index is 0.0449. The Hall–Kier alpha value is -3.08. The number of likely N-dealkylation sites (tertiary alicyclic amines) is 1. The number of alkyl halides is 2. The van der Waals surface area contributed by atoms with E-state index in [0.29, 0.717) is 37.1 Å². The Kier molecular flexibility index (Phi) is 23.9. The van der Waals surface area contributed by atoms with Crippen LogP contribution in [0.5, 0.6) is 0 Å². The van der Waals surface area contributed by atoms with Gasteiger partial charge in [-0.3, -0.25) is 24.0 Å². The van der Waals surface area contributed by atoms with E-state index in [1.54, 1.807) is 43.0 Å². The third kappa shape index (κ3) is 16.0. The van der Waals surface area contributed by atoms with Gasteiger partial charge in [0.25, 0.3) is 0 Å². The van der Waals surface area contributed by atoms with Gasteiger partial charge in [-0.05, 0) is 43.1 Å². The molecule has 1 unspecified atom stereocenters. The molecule has 0 bridgehead atoms. The number of nitrogens with one attached hydrogen (secondary N) is 2. The number of carbonyl (C=O) groups is 6. The van der Waals surface area contributed by atoms with Gasteiger partial charge in [-0.1, -0.05) is 116 Å². The summed E-state index contributed by atoms with van der Waals surface area (Å²) in [5.74, 6) is -3.79. The highest BCUT2D eigenvalue weighted by Crippen LogP contribution is 2.29. The molecule has 0 spiro atoms. The molecule has 0 aliphatic carbocycles. The molecule has 5 amide bonds. The number of halogens is 2. The molecule has 1 aliphatic rings. The first-order valence-corrected chi connectivity index (χ1v) is 23.4. The second-order valence-electron chi connectivity index (χ2n) is 16.5. The van der Waals surface area contributed by atoms with E-state index < -0.39 is 60.1 Å². The first-order chi connectivity index (χ1) is 28.4. The molecule has 1 aromatic rings. The summed E-state index contributed by atoms with van der Waals surface area (Å²) in [5.41, 5.74) is 0.775. The van der Waals surface area contributed by atoms with Crippen molar-refractivity contribution in [2.45, 2.75) is 140 Å².